The normalized spacial score (nSPS) is 10.6. The molecule has 2 N–H and O–H groups in total. The number of aromatic nitrogens is 5. The van der Waals surface area contributed by atoms with Crippen LogP contribution in [0.15, 0.2) is 4.79 Å². The topological polar surface area (TPSA) is 87.3 Å². The molecule has 0 radical (unpaired) electrons. The van der Waals surface area contributed by atoms with Crippen LogP contribution in [0.2, 0.25) is 0 Å². The van der Waals surface area contributed by atoms with Crippen LogP contribution in [-0.4, -0.2) is 25.6 Å². The molecule has 56 valence electrons. The van der Waals surface area contributed by atoms with Crippen molar-refractivity contribution < 1.29 is 0 Å². The third-order valence-corrected chi connectivity index (χ3v) is 1.43. The third kappa shape index (κ3) is 0.721. The van der Waals surface area contributed by atoms with Gasteiger partial charge in [0.15, 0.2) is 5.52 Å². The van der Waals surface area contributed by atoms with Gasteiger partial charge in [0, 0.05) is 0 Å². The van der Waals surface area contributed by atoms with E-state index in [1.54, 1.807) is 6.92 Å². The second kappa shape index (κ2) is 1.88. The first kappa shape index (κ1) is 6.02. The van der Waals surface area contributed by atoms with E-state index in [4.69, 9.17) is 0 Å². The van der Waals surface area contributed by atoms with E-state index in [0.29, 0.717) is 11.0 Å². The predicted molar refractivity (Wildman–Crippen MR) is 37.0 cm³/mol. The molecule has 2 rings (SSSR count). The van der Waals surface area contributed by atoms with Gasteiger partial charge in [0.05, 0.1) is 5.69 Å². The fraction of sp³-hybridized carbons (Fsp3) is 0.200. The van der Waals surface area contributed by atoms with Gasteiger partial charge in [-0.25, -0.2) is 5.10 Å². The molecule has 0 aliphatic heterocycles. The first-order chi connectivity index (χ1) is 5.29. The molecule has 6 heteroatoms. The minimum Gasteiger partial charge on any atom is -0.280 e. The van der Waals surface area contributed by atoms with E-state index in [9.17, 15) is 4.79 Å². The fourth-order valence-corrected chi connectivity index (χ4v) is 0.877. The van der Waals surface area contributed by atoms with Crippen LogP contribution in [0.4, 0.5) is 0 Å². The Morgan fingerprint density at radius 3 is 2.82 bits per heavy atom. The first-order valence-electron chi connectivity index (χ1n) is 3.05. The number of nitrogens with zero attached hydrogens (tertiary/aromatic N) is 3. The largest absolute Gasteiger partial charge is 0.295 e. The summed E-state index contributed by atoms with van der Waals surface area (Å²) < 4.78 is 0. The Morgan fingerprint density at radius 1 is 1.27 bits per heavy atom. The van der Waals surface area contributed by atoms with Crippen LogP contribution in [0.3, 0.4) is 0 Å². The predicted octanol–water partition coefficient (Wildman–Crippen LogP) is -0.650. The molecule has 0 saturated carbocycles. The SMILES string of the molecule is Cc1[nH]nc2c(=O)[nH]nnc12. The molecule has 0 bridgehead atoms. The van der Waals surface area contributed by atoms with Crippen molar-refractivity contribution in [2.24, 2.45) is 0 Å². The Morgan fingerprint density at radius 2 is 2.09 bits per heavy atom. The Bertz CT molecular complexity index is 441. The molecule has 0 aliphatic rings. The highest BCUT2D eigenvalue weighted by Gasteiger charge is 2.05. The summed E-state index contributed by atoms with van der Waals surface area (Å²) in [6.45, 7) is 1.78. The van der Waals surface area contributed by atoms with Crippen molar-refractivity contribution in [2.75, 3.05) is 0 Å². The van der Waals surface area contributed by atoms with Crippen molar-refractivity contribution in [3.05, 3.63) is 16.0 Å². The van der Waals surface area contributed by atoms with E-state index in [1.807, 2.05) is 0 Å². The first-order valence-corrected chi connectivity index (χ1v) is 3.05. The molecule has 0 fully saturated rings. The molecule has 0 atom stereocenters. The molecule has 0 spiro atoms. The van der Waals surface area contributed by atoms with Crippen LogP contribution in [0.1, 0.15) is 5.69 Å². The minimum atomic E-state index is -0.320. The third-order valence-electron chi connectivity index (χ3n) is 1.43. The number of aryl methyl sites for hydroxylation is 1. The number of nitrogens with one attached hydrogen (secondary N) is 2. The van der Waals surface area contributed by atoms with Crippen molar-refractivity contribution in [2.45, 2.75) is 6.92 Å². The van der Waals surface area contributed by atoms with Crippen LogP contribution in [0.5, 0.6) is 0 Å². The summed E-state index contributed by atoms with van der Waals surface area (Å²) in [6, 6.07) is 0. The molecule has 2 heterocycles. The molecule has 0 amide bonds. The average Bonchev–Trinajstić information content (AvgIpc) is 2.35. The maximum atomic E-state index is 11.0. The molecule has 2 aromatic rings. The lowest BCUT2D eigenvalue weighted by Gasteiger charge is -1.82. The lowest BCUT2D eigenvalue weighted by molar-refractivity contribution is 0.870. The van der Waals surface area contributed by atoms with Crippen LogP contribution in [-0.2, 0) is 0 Å². The van der Waals surface area contributed by atoms with Gasteiger partial charge >= 0.3 is 0 Å². The molecule has 2 aromatic heterocycles. The zero-order valence-electron chi connectivity index (χ0n) is 5.75. The second-order valence-corrected chi connectivity index (χ2v) is 2.19. The van der Waals surface area contributed by atoms with Crippen molar-refractivity contribution in [3.8, 4) is 0 Å². The summed E-state index contributed by atoms with van der Waals surface area (Å²) >= 11 is 0. The highest BCUT2D eigenvalue weighted by Crippen LogP contribution is 2.03. The van der Waals surface area contributed by atoms with Gasteiger partial charge in [0.25, 0.3) is 5.56 Å². The summed E-state index contributed by atoms with van der Waals surface area (Å²) in [5.74, 6) is 0. The lowest BCUT2D eigenvalue weighted by Crippen LogP contribution is -2.09. The molecule has 0 aromatic carbocycles. The van der Waals surface area contributed by atoms with Gasteiger partial charge < -0.3 is 0 Å². The van der Waals surface area contributed by atoms with Crippen molar-refractivity contribution in [1.29, 1.82) is 0 Å². The van der Waals surface area contributed by atoms with E-state index in [2.05, 4.69) is 25.6 Å². The molecule has 6 nitrogen and oxygen atoms in total. The smallest absolute Gasteiger partial charge is 0.280 e. The zero-order chi connectivity index (χ0) is 7.84. The van der Waals surface area contributed by atoms with E-state index in [1.165, 1.54) is 0 Å². The number of hydrogen-bond donors (Lipinski definition) is 2. The minimum absolute atomic E-state index is 0.303. The fourth-order valence-electron chi connectivity index (χ4n) is 0.877. The molecule has 0 saturated heterocycles. The summed E-state index contributed by atoms with van der Waals surface area (Å²) in [7, 11) is 0. The molecule has 0 unspecified atom stereocenters. The van der Waals surface area contributed by atoms with E-state index >= 15 is 0 Å². The van der Waals surface area contributed by atoms with Crippen LogP contribution in [0, 0.1) is 6.92 Å². The van der Waals surface area contributed by atoms with E-state index < -0.39 is 0 Å². The maximum absolute atomic E-state index is 11.0. The number of rotatable bonds is 0. The number of hydrogen-bond acceptors (Lipinski definition) is 4. The maximum Gasteiger partial charge on any atom is 0.295 e. The molecule has 11 heavy (non-hydrogen) atoms. The van der Waals surface area contributed by atoms with Gasteiger partial charge in [-0.05, 0) is 6.92 Å². The lowest BCUT2D eigenvalue weighted by atomic mass is 10.4. The number of H-pyrrole nitrogens is 2. The van der Waals surface area contributed by atoms with Crippen molar-refractivity contribution >= 4 is 11.0 Å². The van der Waals surface area contributed by atoms with E-state index in [0.717, 1.165) is 5.69 Å². The summed E-state index contributed by atoms with van der Waals surface area (Å²) in [4.78, 5) is 11.0. The van der Waals surface area contributed by atoms with Gasteiger partial charge in [0.2, 0.25) is 0 Å². The Labute approximate surface area is 60.6 Å². The monoisotopic (exact) mass is 151 g/mol. The van der Waals surface area contributed by atoms with Gasteiger partial charge in [-0.2, -0.15) is 5.10 Å². The quantitative estimate of drug-likeness (QED) is 0.523. The van der Waals surface area contributed by atoms with Crippen LogP contribution < -0.4 is 5.56 Å². The average molecular weight is 151 g/mol. The summed E-state index contributed by atoms with van der Waals surface area (Å²) in [5, 5.41) is 15.7. The van der Waals surface area contributed by atoms with Crippen molar-refractivity contribution in [1.82, 2.24) is 25.6 Å². The van der Waals surface area contributed by atoms with Crippen LogP contribution in [0.25, 0.3) is 11.0 Å². The molecular formula is C5H5N5O. The Hall–Kier alpha value is -1.72. The highest BCUT2D eigenvalue weighted by molar-refractivity contribution is 5.74. The van der Waals surface area contributed by atoms with Gasteiger partial charge in [0.1, 0.15) is 5.52 Å². The number of aromatic amines is 2. The van der Waals surface area contributed by atoms with Gasteiger partial charge in [-0.3, -0.25) is 9.89 Å². The Balaban J connectivity index is 3.06. The van der Waals surface area contributed by atoms with E-state index in [-0.39, 0.29) is 5.56 Å². The van der Waals surface area contributed by atoms with Crippen molar-refractivity contribution in [3.63, 3.8) is 0 Å². The Kier molecular flexibility index (Phi) is 1.03. The van der Waals surface area contributed by atoms with Crippen LogP contribution >= 0.6 is 0 Å². The van der Waals surface area contributed by atoms with Gasteiger partial charge in [-0.15, -0.1) is 5.10 Å². The summed E-state index contributed by atoms with van der Waals surface area (Å²) in [5.41, 5.74) is 1.25. The molecular weight excluding hydrogens is 146 g/mol. The standard InChI is InChI=1S/C5H5N5O/c1-2-3-4(7-6-2)5(11)9-10-8-3/h1H3,(H,6,7)(H,8,9,11). The second-order valence-electron chi connectivity index (χ2n) is 2.19. The summed E-state index contributed by atoms with van der Waals surface area (Å²) in [6.07, 6.45) is 0. The zero-order valence-corrected chi connectivity index (χ0v) is 5.75. The number of fused-ring (bicyclic) bond motifs is 1. The molecule has 0 aliphatic carbocycles. The van der Waals surface area contributed by atoms with Gasteiger partial charge in [-0.1, -0.05) is 5.21 Å². The highest BCUT2D eigenvalue weighted by atomic mass is 16.1.